The molecule has 0 heterocycles. The summed E-state index contributed by atoms with van der Waals surface area (Å²) in [6, 6.07) is 4.59. The molecular weight excluding hydrogens is 344 g/mol. The smallest absolute Gasteiger partial charge is 0.244 e. The van der Waals surface area contributed by atoms with Gasteiger partial charge in [-0.05, 0) is 31.0 Å². The van der Waals surface area contributed by atoms with Crippen LogP contribution in [-0.2, 0) is 10.0 Å². The third-order valence-electron chi connectivity index (χ3n) is 2.86. The van der Waals surface area contributed by atoms with Crippen molar-refractivity contribution in [3.05, 3.63) is 22.7 Å². The van der Waals surface area contributed by atoms with Crippen LogP contribution in [-0.4, -0.2) is 27.6 Å². The Hall–Kier alpha value is -0.630. The number of benzene rings is 1. The fraction of sp³-hybridized carbons (Fsp3) is 0.538. The van der Waals surface area contributed by atoms with Crippen molar-refractivity contribution in [1.29, 1.82) is 0 Å². The largest absolute Gasteiger partial charge is 0.492 e. The van der Waals surface area contributed by atoms with Crippen molar-refractivity contribution in [2.45, 2.75) is 31.7 Å². The molecule has 114 valence electrons. The molecule has 0 aromatic heterocycles. The van der Waals surface area contributed by atoms with Gasteiger partial charge in [0.25, 0.3) is 0 Å². The molecule has 0 spiro atoms. The number of rotatable bonds is 7. The van der Waals surface area contributed by atoms with Gasteiger partial charge < -0.3 is 10.5 Å². The van der Waals surface area contributed by atoms with Crippen LogP contribution in [0.5, 0.6) is 5.75 Å². The average molecular weight is 365 g/mol. The average Bonchev–Trinajstić information content (AvgIpc) is 2.38. The number of sulfonamides is 1. The molecule has 0 fully saturated rings. The molecule has 1 unspecified atom stereocenters. The van der Waals surface area contributed by atoms with Gasteiger partial charge in [-0.15, -0.1) is 0 Å². The van der Waals surface area contributed by atoms with E-state index in [-0.39, 0.29) is 23.4 Å². The number of hydrogen-bond acceptors (Lipinski definition) is 4. The Morgan fingerprint density at radius 2 is 2.05 bits per heavy atom. The number of hydrogen-bond donors (Lipinski definition) is 2. The second-order valence-electron chi connectivity index (χ2n) is 4.73. The van der Waals surface area contributed by atoms with Crippen molar-refractivity contribution in [1.82, 2.24) is 4.72 Å². The number of ether oxygens (including phenoxy) is 1. The molecule has 1 aromatic rings. The lowest BCUT2D eigenvalue weighted by Crippen LogP contribution is -2.43. The Bertz CT molecular complexity index is 547. The Morgan fingerprint density at radius 1 is 1.40 bits per heavy atom. The van der Waals surface area contributed by atoms with E-state index in [1.165, 1.54) is 6.07 Å². The molecule has 20 heavy (non-hydrogen) atoms. The minimum absolute atomic E-state index is 0.109. The highest BCUT2D eigenvalue weighted by Crippen LogP contribution is 2.28. The molecule has 1 rings (SSSR count). The van der Waals surface area contributed by atoms with Gasteiger partial charge in [-0.25, -0.2) is 13.1 Å². The number of nitrogens with two attached hydrogens (primary N) is 1. The van der Waals surface area contributed by atoms with Gasteiger partial charge in [0.05, 0.1) is 6.61 Å². The highest BCUT2D eigenvalue weighted by molar-refractivity contribution is 9.10. The second kappa shape index (κ2) is 7.40. The standard InChI is InChI=1S/C13H21BrN2O3S/c1-4-19-12-6-5-10(14)7-13(12)20(17,18)16-11(8-15)9(2)3/h5-7,9,11,16H,4,8,15H2,1-3H3. The van der Waals surface area contributed by atoms with Gasteiger partial charge in [0, 0.05) is 17.1 Å². The lowest BCUT2D eigenvalue weighted by molar-refractivity contribution is 0.330. The normalized spacial score (nSPS) is 13.5. The first-order valence-electron chi connectivity index (χ1n) is 6.46. The lowest BCUT2D eigenvalue weighted by Gasteiger charge is -2.21. The van der Waals surface area contributed by atoms with E-state index in [0.717, 1.165) is 0 Å². The molecule has 0 saturated heterocycles. The molecule has 0 aliphatic rings. The first kappa shape index (κ1) is 17.4. The van der Waals surface area contributed by atoms with Crippen molar-refractivity contribution in [3.8, 4) is 5.75 Å². The molecule has 7 heteroatoms. The number of halogens is 1. The summed E-state index contributed by atoms with van der Waals surface area (Å²) < 4.78 is 33.7. The van der Waals surface area contributed by atoms with E-state index in [1.54, 1.807) is 12.1 Å². The van der Waals surface area contributed by atoms with Crippen molar-refractivity contribution in [3.63, 3.8) is 0 Å². The van der Waals surface area contributed by atoms with Crippen LogP contribution in [0.15, 0.2) is 27.6 Å². The molecule has 0 saturated carbocycles. The van der Waals surface area contributed by atoms with E-state index >= 15 is 0 Å². The third kappa shape index (κ3) is 4.44. The molecule has 3 N–H and O–H groups in total. The summed E-state index contributed by atoms with van der Waals surface area (Å²) in [6.07, 6.45) is 0. The van der Waals surface area contributed by atoms with E-state index < -0.39 is 10.0 Å². The Morgan fingerprint density at radius 3 is 2.55 bits per heavy atom. The molecule has 0 aliphatic carbocycles. The predicted molar refractivity (Wildman–Crippen MR) is 83.3 cm³/mol. The molecule has 0 bridgehead atoms. The van der Waals surface area contributed by atoms with Crippen molar-refractivity contribution >= 4 is 26.0 Å². The summed E-state index contributed by atoms with van der Waals surface area (Å²) in [6.45, 7) is 6.29. The zero-order valence-electron chi connectivity index (χ0n) is 11.9. The molecule has 0 amide bonds. The molecule has 5 nitrogen and oxygen atoms in total. The van der Waals surface area contributed by atoms with Crippen LogP contribution in [0.2, 0.25) is 0 Å². The van der Waals surface area contributed by atoms with Crippen LogP contribution < -0.4 is 15.2 Å². The van der Waals surface area contributed by atoms with E-state index in [1.807, 2.05) is 20.8 Å². The SMILES string of the molecule is CCOc1ccc(Br)cc1S(=O)(=O)NC(CN)C(C)C. The summed E-state index contributed by atoms with van der Waals surface area (Å²) in [4.78, 5) is 0.118. The summed E-state index contributed by atoms with van der Waals surface area (Å²) in [5.41, 5.74) is 5.62. The van der Waals surface area contributed by atoms with E-state index in [4.69, 9.17) is 10.5 Å². The quantitative estimate of drug-likeness (QED) is 0.776. The maximum atomic E-state index is 12.5. The monoisotopic (exact) mass is 364 g/mol. The maximum Gasteiger partial charge on any atom is 0.244 e. The van der Waals surface area contributed by atoms with Crippen LogP contribution in [0.1, 0.15) is 20.8 Å². The Kier molecular flexibility index (Phi) is 6.44. The summed E-state index contributed by atoms with van der Waals surface area (Å²) in [5.74, 6) is 0.445. The van der Waals surface area contributed by atoms with Gasteiger partial charge in [0.1, 0.15) is 10.6 Å². The van der Waals surface area contributed by atoms with Crippen LogP contribution in [0, 0.1) is 5.92 Å². The third-order valence-corrected chi connectivity index (χ3v) is 4.86. The minimum atomic E-state index is -3.68. The molecule has 0 radical (unpaired) electrons. The van der Waals surface area contributed by atoms with Gasteiger partial charge >= 0.3 is 0 Å². The zero-order valence-corrected chi connectivity index (χ0v) is 14.3. The summed E-state index contributed by atoms with van der Waals surface area (Å²) in [5, 5.41) is 0. The summed E-state index contributed by atoms with van der Waals surface area (Å²) in [7, 11) is -3.68. The van der Waals surface area contributed by atoms with E-state index in [0.29, 0.717) is 16.8 Å². The van der Waals surface area contributed by atoms with Gasteiger partial charge in [0.2, 0.25) is 10.0 Å². The first-order chi connectivity index (χ1) is 9.31. The minimum Gasteiger partial charge on any atom is -0.492 e. The second-order valence-corrected chi connectivity index (χ2v) is 7.33. The van der Waals surface area contributed by atoms with Gasteiger partial charge in [-0.1, -0.05) is 29.8 Å². The topological polar surface area (TPSA) is 81.4 Å². The fourth-order valence-electron chi connectivity index (χ4n) is 1.69. The Balaban J connectivity index is 3.17. The molecule has 0 aliphatic heterocycles. The fourth-order valence-corrected chi connectivity index (χ4v) is 3.77. The van der Waals surface area contributed by atoms with Crippen molar-refractivity contribution in [2.24, 2.45) is 11.7 Å². The van der Waals surface area contributed by atoms with E-state index in [2.05, 4.69) is 20.7 Å². The highest BCUT2D eigenvalue weighted by atomic mass is 79.9. The predicted octanol–water partition coefficient (Wildman–Crippen LogP) is 2.11. The van der Waals surface area contributed by atoms with Crippen LogP contribution in [0.25, 0.3) is 0 Å². The zero-order chi connectivity index (χ0) is 15.3. The van der Waals surface area contributed by atoms with Crippen LogP contribution in [0.3, 0.4) is 0 Å². The Labute approximate surface area is 129 Å². The van der Waals surface area contributed by atoms with E-state index in [9.17, 15) is 8.42 Å². The number of nitrogens with one attached hydrogen (secondary N) is 1. The molecule has 1 aromatic carbocycles. The van der Waals surface area contributed by atoms with Crippen molar-refractivity contribution in [2.75, 3.05) is 13.2 Å². The first-order valence-corrected chi connectivity index (χ1v) is 8.74. The van der Waals surface area contributed by atoms with Gasteiger partial charge in [-0.2, -0.15) is 0 Å². The van der Waals surface area contributed by atoms with Gasteiger partial charge in [-0.3, -0.25) is 0 Å². The van der Waals surface area contributed by atoms with Crippen molar-refractivity contribution < 1.29 is 13.2 Å². The maximum absolute atomic E-state index is 12.5. The molecular formula is C13H21BrN2O3S. The highest BCUT2D eigenvalue weighted by Gasteiger charge is 2.25. The summed E-state index contributed by atoms with van der Waals surface area (Å²) >= 11 is 3.28. The van der Waals surface area contributed by atoms with Gasteiger partial charge in [0.15, 0.2) is 0 Å². The molecule has 1 atom stereocenters. The van der Waals surface area contributed by atoms with Crippen LogP contribution in [0.4, 0.5) is 0 Å². The lowest BCUT2D eigenvalue weighted by atomic mass is 10.1. The van der Waals surface area contributed by atoms with Crippen LogP contribution >= 0.6 is 15.9 Å².